The summed E-state index contributed by atoms with van der Waals surface area (Å²) in [6.45, 7) is 0.368. The number of hydrogen-bond donors (Lipinski definition) is 2. The molecule has 2 nitrogen and oxygen atoms in total. The Kier molecular flexibility index (Phi) is 5.27. The van der Waals surface area contributed by atoms with E-state index in [1.165, 1.54) is 6.07 Å². The molecule has 2 aromatic carbocycles. The third-order valence-electron chi connectivity index (χ3n) is 2.84. The molecule has 0 heterocycles. The smallest absolute Gasteiger partial charge is 0.137 e. The molecular formula is C14H12BrCl2FN2. The fourth-order valence-electron chi connectivity index (χ4n) is 1.79. The van der Waals surface area contributed by atoms with Gasteiger partial charge in [0.25, 0.3) is 0 Å². The first-order valence-corrected chi connectivity index (χ1v) is 7.42. The lowest BCUT2D eigenvalue weighted by atomic mass is 10.1. The molecule has 0 saturated heterocycles. The Morgan fingerprint density at radius 2 is 1.90 bits per heavy atom. The summed E-state index contributed by atoms with van der Waals surface area (Å²) in [6, 6.07) is 9.92. The monoisotopic (exact) mass is 376 g/mol. The molecular weight excluding hydrogens is 366 g/mol. The van der Waals surface area contributed by atoms with Gasteiger partial charge in [0.15, 0.2) is 0 Å². The van der Waals surface area contributed by atoms with Crippen molar-refractivity contribution in [1.29, 1.82) is 0 Å². The SMILES string of the molecule is NCC(Nc1ccc(F)c(Br)c1)c1ccc(Cl)c(Cl)c1. The van der Waals surface area contributed by atoms with E-state index in [0.717, 1.165) is 11.3 Å². The van der Waals surface area contributed by atoms with Crippen molar-refractivity contribution in [3.05, 3.63) is 62.3 Å². The molecule has 0 spiro atoms. The molecule has 20 heavy (non-hydrogen) atoms. The van der Waals surface area contributed by atoms with Gasteiger partial charge in [0.2, 0.25) is 0 Å². The van der Waals surface area contributed by atoms with Crippen molar-refractivity contribution < 1.29 is 4.39 Å². The van der Waals surface area contributed by atoms with E-state index in [0.29, 0.717) is 21.1 Å². The highest BCUT2D eigenvalue weighted by Crippen LogP contribution is 2.28. The molecule has 0 aliphatic rings. The standard InChI is InChI=1S/C14H12BrCl2FN2/c15-10-6-9(2-4-13(10)18)20-14(7-19)8-1-3-11(16)12(17)5-8/h1-6,14,20H,7,19H2. The van der Waals surface area contributed by atoms with E-state index in [9.17, 15) is 4.39 Å². The lowest BCUT2D eigenvalue weighted by Crippen LogP contribution is -2.20. The summed E-state index contributed by atoms with van der Waals surface area (Å²) in [7, 11) is 0. The van der Waals surface area contributed by atoms with Crippen molar-refractivity contribution in [1.82, 2.24) is 0 Å². The molecule has 3 N–H and O–H groups in total. The quantitative estimate of drug-likeness (QED) is 0.786. The van der Waals surface area contributed by atoms with E-state index >= 15 is 0 Å². The molecule has 0 saturated carbocycles. The van der Waals surface area contributed by atoms with Crippen molar-refractivity contribution >= 4 is 44.8 Å². The van der Waals surface area contributed by atoms with Gasteiger partial charge < -0.3 is 11.1 Å². The molecule has 1 unspecified atom stereocenters. The first-order valence-electron chi connectivity index (χ1n) is 5.88. The number of nitrogens with two attached hydrogens (primary N) is 1. The predicted molar refractivity (Wildman–Crippen MR) is 86.0 cm³/mol. The summed E-state index contributed by atoms with van der Waals surface area (Å²) in [4.78, 5) is 0. The summed E-state index contributed by atoms with van der Waals surface area (Å²) in [5, 5.41) is 4.21. The first kappa shape index (κ1) is 15.6. The fourth-order valence-corrected chi connectivity index (χ4v) is 2.48. The van der Waals surface area contributed by atoms with Crippen molar-refractivity contribution in [2.75, 3.05) is 11.9 Å². The van der Waals surface area contributed by atoms with Gasteiger partial charge in [-0.1, -0.05) is 29.3 Å². The van der Waals surface area contributed by atoms with Crippen LogP contribution in [0.3, 0.4) is 0 Å². The Morgan fingerprint density at radius 3 is 2.50 bits per heavy atom. The molecule has 106 valence electrons. The van der Waals surface area contributed by atoms with Crippen molar-refractivity contribution in [2.24, 2.45) is 5.73 Å². The van der Waals surface area contributed by atoms with Crippen molar-refractivity contribution in [3.63, 3.8) is 0 Å². The van der Waals surface area contributed by atoms with Crippen molar-refractivity contribution in [3.8, 4) is 0 Å². The zero-order chi connectivity index (χ0) is 14.7. The Labute approximate surface area is 135 Å². The van der Waals surface area contributed by atoms with Gasteiger partial charge in [-0.25, -0.2) is 4.39 Å². The summed E-state index contributed by atoms with van der Waals surface area (Å²) in [6.07, 6.45) is 0. The van der Waals surface area contributed by atoms with Gasteiger partial charge in [0.05, 0.1) is 20.6 Å². The highest BCUT2D eigenvalue weighted by Gasteiger charge is 2.12. The van der Waals surface area contributed by atoms with Crippen LogP contribution in [0.5, 0.6) is 0 Å². The minimum atomic E-state index is -0.311. The number of benzene rings is 2. The second kappa shape index (κ2) is 6.76. The van der Waals surface area contributed by atoms with Gasteiger partial charge in [-0.3, -0.25) is 0 Å². The molecule has 6 heteroatoms. The van der Waals surface area contributed by atoms with Crippen LogP contribution in [0.25, 0.3) is 0 Å². The molecule has 2 rings (SSSR count). The first-order chi connectivity index (χ1) is 9.51. The molecule has 2 aromatic rings. The number of hydrogen-bond acceptors (Lipinski definition) is 2. The summed E-state index contributed by atoms with van der Waals surface area (Å²) < 4.78 is 13.6. The van der Waals surface area contributed by atoms with Crippen LogP contribution in [0, 0.1) is 5.82 Å². The Hall–Kier alpha value is -0.810. The fraction of sp³-hybridized carbons (Fsp3) is 0.143. The molecule has 0 bridgehead atoms. The van der Waals surface area contributed by atoms with Crippen LogP contribution in [-0.2, 0) is 0 Å². The minimum Gasteiger partial charge on any atom is -0.377 e. The topological polar surface area (TPSA) is 38.0 Å². The van der Waals surface area contributed by atoms with Crippen LogP contribution >= 0.6 is 39.1 Å². The third-order valence-corrected chi connectivity index (χ3v) is 4.19. The van der Waals surface area contributed by atoms with E-state index < -0.39 is 0 Å². The van der Waals surface area contributed by atoms with E-state index in [1.54, 1.807) is 24.3 Å². The maximum Gasteiger partial charge on any atom is 0.137 e. The maximum absolute atomic E-state index is 13.2. The minimum absolute atomic E-state index is 0.137. The molecule has 1 atom stereocenters. The summed E-state index contributed by atoms with van der Waals surface area (Å²) >= 11 is 15.1. The Morgan fingerprint density at radius 1 is 1.15 bits per heavy atom. The lowest BCUT2D eigenvalue weighted by molar-refractivity contribution is 0.621. The van der Waals surface area contributed by atoms with E-state index in [-0.39, 0.29) is 11.9 Å². The second-order valence-corrected chi connectivity index (χ2v) is 5.90. The van der Waals surface area contributed by atoms with Crippen LogP contribution in [-0.4, -0.2) is 6.54 Å². The van der Waals surface area contributed by atoms with Gasteiger partial charge in [0.1, 0.15) is 5.82 Å². The van der Waals surface area contributed by atoms with E-state index in [2.05, 4.69) is 21.2 Å². The number of halogens is 4. The van der Waals surface area contributed by atoms with Crippen LogP contribution in [0.4, 0.5) is 10.1 Å². The molecule has 0 radical (unpaired) electrons. The van der Waals surface area contributed by atoms with Gasteiger partial charge in [0, 0.05) is 12.2 Å². The van der Waals surface area contributed by atoms with Crippen molar-refractivity contribution in [2.45, 2.75) is 6.04 Å². The molecule has 0 aliphatic carbocycles. The van der Waals surface area contributed by atoms with Gasteiger partial charge in [-0.2, -0.15) is 0 Å². The van der Waals surface area contributed by atoms with Gasteiger partial charge in [-0.05, 0) is 51.8 Å². The largest absolute Gasteiger partial charge is 0.377 e. The van der Waals surface area contributed by atoms with Crippen LogP contribution in [0.1, 0.15) is 11.6 Å². The average Bonchev–Trinajstić information content (AvgIpc) is 2.43. The highest BCUT2D eigenvalue weighted by atomic mass is 79.9. The van der Waals surface area contributed by atoms with Gasteiger partial charge in [-0.15, -0.1) is 0 Å². The van der Waals surface area contributed by atoms with E-state index in [1.807, 2.05) is 6.07 Å². The molecule has 0 aliphatic heterocycles. The highest BCUT2D eigenvalue weighted by molar-refractivity contribution is 9.10. The number of nitrogens with one attached hydrogen (secondary N) is 1. The third kappa shape index (κ3) is 3.64. The summed E-state index contributed by atoms with van der Waals surface area (Å²) in [5.74, 6) is -0.311. The van der Waals surface area contributed by atoms with E-state index in [4.69, 9.17) is 28.9 Å². The van der Waals surface area contributed by atoms with Crippen LogP contribution < -0.4 is 11.1 Å². The number of anilines is 1. The lowest BCUT2D eigenvalue weighted by Gasteiger charge is -2.19. The summed E-state index contributed by atoms with van der Waals surface area (Å²) in [5.41, 5.74) is 7.47. The zero-order valence-electron chi connectivity index (χ0n) is 10.3. The zero-order valence-corrected chi connectivity index (χ0v) is 13.4. The maximum atomic E-state index is 13.2. The Bertz CT molecular complexity index is 622. The van der Waals surface area contributed by atoms with Gasteiger partial charge >= 0.3 is 0 Å². The molecule has 0 amide bonds. The molecule has 0 aromatic heterocycles. The normalized spacial score (nSPS) is 12.2. The predicted octanol–water partition coefficient (Wildman–Crippen LogP) is 5.01. The molecule has 0 fully saturated rings. The Balaban J connectivity index is 2.23. The number of rotatable bonds is 4. The average molecular weight is 378 g/mol. The van der Waals surface area contributed by atoms with Crippen LogP contribution in [0.15, 0.2) is 40.9 Å². The second-order valence-electron chi connectivity index (χ2n) is 4.24. The van der Waals surface area contributed by atoms with Crippen LogP contribution in [0.2, 0.25) is 10.0 Å².